The largest absolute Gasteiger partial charge is 0.493 e. The first kappa shape index (κ1) is 11.9. The van der Waals surface area contributed by atoms with E-state index in [4.69, 9.17) is 15.2 Å². The lowest BCUT2D eigenvalue weighted by atomic mass is 9.95. The highest BCUT2D eigenvalue weighted by atomic mass is 16.5. The van der Waals surface area contributed by atoms with E-state index in [9.17, 15) is 0 Å². The smallest absolute Gasteiger partial charge is 0.161 e. The van der Waals surface area contributed by atoms with Crippen molar-refractivity contribution in [2.24, 2.45) is 11.1 Å². The second kappa shape index (κ2) is 5.03. The van der Waals surface area contributed by atoms with E-state index >= 15 is 0 Å². The average Bonchev–Trinajstić information content (AvgIpc) is 2.27. The van der Waals surface area contributed by atoms with Gasteiger partial charge in [0.05, 0.1) is 13.7 Å². The van der Waals surface area contributed by atoms with Gasteiger partial charge < -0.3 is 15.2 Å². The van der Waals surface area contributed by atoms with Crippen LogP contribution in [0.4, 0.5) is 0 Å². The van der Waals surface area contributed by atoms with Gasteiger partial charge >= 0.3 is 0 Å². The van der Waals surface area contributed by atoms with Crippen molar-refractivity contribution in [1.29, 1.82) is 0 Å². The van der Waals surface area contributed by atoms with Gasteiger partial charge in [0, 0.05) is 12.0 Å². The third kappa shape index (κ3) is 3.44. The maximum Gasteiger partial charge on any atom is 0.161 e. The van der Waals surface area contributed by atoms with E-state index < -0.39 is 0 Å². The number of benzene rings is 1. The van der Waals surface area contributed by atoms with Crippen LogP contribution in [0.15, 0.2) is 24.3 Å². The molecule has 1 aromatic rings. The summed E-state index contributed by atoms with van der Waals surface area (Å²) >= 11 is 0. The van der Waals surface area contributed by atoms with Gasteiger partial charge in [-0.15, -0.1) is 0 Å². The molecule has 0 saturated carbocycles. The zero-order valence-corrected chi connectivity index (χ0v) is 9.62. The monoisotopic (exact) mass is 209 g/mol. The molecule has 0 heterocycles. The molecule has 0 aliphatic heterocycles. The summed E-state index contributed by atoms with van der Waals surface area (Å²) in [4.78, 5) is 0. The Bertz CT molecular complexity index is 310. The minimum Gasteiger partial charge on any atom is -0.493 e. The minimum atomic E-state index is -0.0130. The number of nitrogens with two attached hydrogens (primary N) is 1. The topological polar surface area (TPSA) is 44.5 Å². The van der Waals surface area contributed by atoms with Crippen LogP contribution in [0, 0.1) is 5.41 Å². The van der Waals surface area contributed by atoms with Gasteiger partial charge in [0.25, 0.3) is 0 Å². The second-order valence-electron chi connectivity index (χ2n) is 4.31. The van der Waals surface area contributed by atoms with Crippen LogP contribution in [0.1, 0.15) is 13.8 Å². The molecule has 0 fully saturated rings. The fraction of sp³-hybridized carbons (Fsp3) is 0.500. The van der Waals surface area contributed by atoms with Gasteiger partial charge in [0.15, 0.2) is 11.5 Å². The highest BCUT2D eigenvalue weighted by molar-refractivity contribution is 5.39. The average molecular weight is 209 g/mol. The first-order chi connectivity index (χ1) is 7.09. The highest BCUT2D eigenvalue weighted by Crippen LogP contribution is 2.27. The zero-order valence-electron chi connectivity index (χ0n) is 9.62. The molecule has 0 aromatic heterocycles. The molecule has 0 bridgehead atoms. The summed E-state index contributed by atoms with van der Waals surface area (Å²) in [5.41, 5.74) is 5.62. The summed E-state index contributed by atoms with van der Waals surface area (Å²) in [6, 6.07) is 7.61. The van der Waals surface area contributed by atoms with E-state index in [0.29, 0.717) is 13.2 Å². The summed E-state index contributed by atoms with van der Waals surface area (Å²) in [6.07, 6.45) is 0. The number of para-hydroxylation sites is 2. The number of rotatable bonds is 5. The highest BCUT2D eigenvalue weighted by Gasteiger charge is 2.17. The van der Waals surface area contributed by atoms with Gasteiger partial charge in [0.1, 0.15) is 0 Å². The first-order valence-electron chi connectivity index (χ1n) is 5.05. The summed E-state index contributed by atoms with van der Waals surface area (Å²) in [5.74, 6) is 1.52. The standard InChI is InChI=1S/C12H19NO2/c1-12(2,8-13)9-15-11-7-5-4-6-10(11)14-3/h4-7H,8-9,13H2,1-3H3. The lowest BCUT2D eigenvalue weighted by Crippen LogP contribution is -2.30. The predicted octanol–water partition coefficient (Wildman–Crippen LogP) is 2.06. The zero-order chi connectivity index (χ0) is 11.3. The van der Waals surface area contributed by atoms with Crippen LogP contribution in [0.2, 0.25) is 0 Å². The molecule has 3 heteroatoms. The maximum atomic E-state index is 5.68. The van der Waals surface area contributed by atoms with Crippen molar-refractivity contribution in [3.8, 4) is 11.5 Å². The van der Waals surface area contributed by atoms with Crippen LogP contribution in [0.5, 0.6) is 11.5 Å². The van der Waals surface area contributed by atoms with Gasteiger partial charge in [-0.3, -0.25) is 0 Å². The first-order valence-corrected chi connectivity index (χ1v) is 5.05. The molecular weight excluding hydrogens is 190 g/mol. The molecule has 84 valence electrons. The van der Waals surface area contributed by atoms with E-state index in [1.807, 2.05) is 24.3 Å². The summed E-state index contributed by atoms with van der Waals surface area (Å²) in [7, 11) is 1.64. The molecule has 0 aliphatic rings. The Labute approximate surface area is 91.2 Å². The Kier molecular flexibility index (Phi) is 3.97. The molecule has 0 aliphatic carbocycles. The van der Waals surface area contributed by atoms with Crippen molar-refractivity contribution >= 4 is 0 Å². The van der Waals surface area contributed by atoms with Crippen molar-refractivity contribution in [3.05, 3.63) is 24.3 Å². The fourth-order valence-corrected chi connectivity index (χ4v) is 1.07. The number of hydrogen-bond donors (Lipinski definition) is 1. The Morgan fingerprint density at radius 3 is 2.33 bits per heavy atom. The van der Waals surface area contributed by atoms with E-state index in [1.165, 1.54) is 0 Å². The van der Waals surface area contributed by atoms with Crippen molar-refractivity contribution in [2.75, 3.05) is 20.3 Å². The Balaban J connectivity index is 2.65. The quantitative estimate of drug-likeness (QED) is 0.807. The van der Waals surface area contributed by atoms with E-state index in [1.54, 1.807) is 7.11 Å². The van der Waals surface area contributed by atoms with Gasteiger partial charge in [0.2, 0.25) is 0 Å². The van der Waals surface area contributed by atoms with E-state index in [-0.39, 0.29) is 5.41 Å². The summed E-state index contributed by atoms with van der Waals surface area (Å²) in [5, 5.41) is 0. The van der Waals surface area contributed by atoms with Gasteiger partial charge in [-0.05, 0) is 12.1 Å². The molecule has 0 saturated heterocycles. The Hall–Kier alpha value is -1.22. The number of methoxy groups -OCH3 is 1. The van der Waals surface area contributed by atoms with Gasteiger partial charge in [-0.2, -0.15) is 0 Å². The van der Waals surface area contributed by atoms with Crippen LogP contribution in [-0.4, -0.2) is 20.3 Å². The van der Waals surface area contributed by atoms with Crippen molar-refractivity contribution in [2.45, 2.75) is 13.8 Å². The lowest BCUT2D eigenvalue weighted by Gasteiger charge is -2.23. The molecular formula is C12H19NO2. The molecule has 0 atom stereocenters. The van der Waals surface area contributed by atoms with Crippen molar-refractivity contribution < 1.29 is 9.47 Å². The SMILES string of the molecule is COc1ccccc1OCC(C)(C)CN. The van der Waals surface area contributed by atoms with Crippen LogP contribution in [-0.2, 0) is 0 Å². The summed E-state index contributed by atoms with van der Waals surface area (Å²) < 4.78 is 10.9. The fourth-order valence-electron chi connectivity index (χ4n) is 1.07. The third-order valence-corrected chi connectivity index (χ3v) is 2.24. The second-order valence-corrected chi connectivity index (χ2v) is 4.31. The molecule has 1 rings (SSSR count). The molecule has 2 N–H and O–H groups in total. The molecule has 0 spiro atoms. The maximum absolute atomic E-state index is 5.68. The van der Waals surface area contributed by atoms with Crippen molar-refractivity contribution in [3.63, 3.8) is 0 Å². The normalized spacial score (nSPS) is 11.2. The molecule has 15 heavy (non-hydrogen) atoms. The van der Waals surface area contributed by atoms with Crippen LogP contribution in [0.25, 0.3) is 0 Å². The molecule has 0 radical (unpaired) electrons. The number of ether oxygens (including phenoxy) is 2. The van der Waals surface area contributed by atoms with E-state index in [2.05, 4.69) is 13.8 Å². The molecule has 0 amide bonds. The van der Waals surface area contributed by atoms with Crippen molar-refractivity contribution in [1.82, 2.24) is 0 Å². The third-order valence-electron chi connectivity index (χ3n) is 2.24. The number of hydrogen-bond acceptors (Lipinski definition) is 3. The van der Waals surface area contributed by atoms with Gasteiger partial charge in [-0.25, -0.2) is 0 Å². The molecule has 1 aromatic carbocycles. The van der Waals surface area contributed by atoms with Crippen LogP contribution in [0.3, 0.4) is 0 Å². The Morgan fingerprint density at radius 2 is 1.80 bits per heavy atom. The van der Waals surface area contributed by atoms with Crippen LogP contribution >= 0.6 is 0 Å². The lowest BCUT2D eigenvalue weighted by molar-refractivity contribution is 0.181. The van der Waals surface area contributed by atoms with Gasteiger partial charge in [-0.1, -0.05) is 26.0 Å². The summed E-state index contributed by atoms with van der Waals surface area (Å²) in [6.45, 7) is 5.33. The minimum absolute atomic E-state index is 0.0130. The van der Waals surface area contributed by atoms with E-state index in [0.717, 1.165) is 11.5 Å². The molecule has 0 unspecified atom stereocenters. The van der Waals surface area contributed by atoms with Crippen LogP contribution < -0.4 is 15.2 Å². The molecule has 3 nitrogen and oxygen atoms in total. The predicted molar refractivity (Wildman–Crippen MR) is 61.3 cm³/mol. The Morgan fingerprint density at radius 1 is 1.20 bits per heavy atom.